The van der Waals surface area contributed by atoms with Gasteiger partial charge in [0.25, 0.3) is 0 Å². The topological polar surface area (TPSA) is 65.0 Å². The molecule has 0 aromatic heterocycles. The van der Waals surface area contributed by atoms with Crippen LogP contribution in [0, 0.1) is 0 Å². The van der Waals surface area contributed by atoms with Crippen molar-refractivity contribution >= 4 is 6.03 Å². The first-order valence-corrected chi connectivity index (χ1v) is 8.80. The van der Waals surface area contributed by atoms with Crippen LogP contribution in [-0.2, 0) is 17.8 Å². The largest absolute Gasteiger partial charge is 0.391 e. The molecule has 1 aromatic rings. The maximum Gasteiger partial charge on any atom is 0.317 e. The number of nitrogens with zero attached hydrogens (tertiary/aromatic N) is 2. The van der Waals surface area contributed by atoms with Crippen molar-refractivity contribution in [2.45, 2.75) is 32.0 Å². The number of morpholine rings is 1. The summed E-state index contributed by atoms with van der Waals surface area (Å²) in [7, 11) is 0. The van der Waals surface area contributed by atoms with E-state index < -0.39 is 6.10 Å². The number of amides is 2. The number of piperidine rings is 1. The Morgan fingerprint density at radius 1 is 1.21 bits per heavy atom. The van der Waals surface area contributed by atoms with Gasteiger partial charge in [0.1, 0.15) is 0 Å². The van der Waals surface area contributed by atoms with Gasteiger partial charge in [0.2, 0.25) is 0 Å². The molecule has 6 nitrogen and oxygen atoms in total. The Balaban J connectivity index is 1.55. The zero-order chi connectivity index (χ0) is 16.8. The van der Waals surface area contributed by atoms with Crippen molar-refractivity contribution in [3.63, 3.8) is 0 Å². The van der Waals surface area contributed by atoms with E-state index in [0.29, 0.717) is 13.1 Å². The number of carbonyl (C=O) groups excluding carboxylic acids is 1. The van der Waals surface area contributed by atoms with Crippen molar-refractivity contribution in [3.8, 4) is 0 Å². The van der Waals surface area contributed by atoms with E-state index in [1.54, 1.807) is 4.90 Å². The molecule has 132 valence electrons. The van der Waals surface area contributed by atoms with E-state index in [1.807, 2.05) is 12.1 Å². The Kier molecular flexibility index (Phi) is 6.07. The van der Waals surface area contributed by atoms with Gasteiger partial charge >= 0.3 is 6.03 Å². The molecule has 0 unspecified atom stereocenters. The van der Waals surface area contributed by atoms with Crippen molar-refractivity contribution in [2.75, 3.05) is 39.4 Å². The van der Waals surface area contributed by atoms with E-state index in [1.165, 1.54) is 5.56 Å². The Labute approximate surface area is 143 Å². The van der Waals surface area contributed by atoms with Crippen LogP contribution in [0.3, 0.4) is 0 Å². The number of carbonyl (C=O) groups is 1. The third kappa shape index (κ3) is 4.69. The predicted molar refractivity (Wildman–Crippen MR) is 91.6 cm³/mol. The number of aliphatic hydroxyl groups is 1. The van der Waals surface area contributed by atoms with Crippen LogP contribution in [0.25, 0.3) is 0 Å². The summed E-state index contributed by atoms with van der Waals surface area (Å²) in [5, 5.41) is 12.7. The Morgan fingerprint density at radius 3 is 2.71 bits per heavy atom. The molecule has 0 radical (unpaired) electrons. The highest BCUT2D eigenvalue weighted by molar-refractivity contribution is 5.74. The maximum absolute atomic E-state index is 12.3. The Hall–Kier alpha value is -1.63. The summed E-state index contributed by atoms with van der Waals surface area (Å²) in [6.07, 6.45) is 1.26. The fourth-order valence-electron chi connectivity index (χ4n) is 3.31. The van der Waals surface area contributed by atoms with Crippen LogP contribution in [-0.4, -0.2) is 66.4 Å². The average Bonchev–Trinajstić information content (AvgIpc) is 2.61. The number of urea groups is 1. The lowest BCUT2D eigenvalue weighted by molar-refractivity contribution is 0.0340. The summed E-state index contributed by atoms with van der Waals surface area (Å²) in [6.45, 7) is 6.04. The molecule has 2 N–H and O–H groups in total. The zero-order valence-electron chi connectivity index (χ0n) is 14.1. The number of aliphatic hydroxyl groups excluding tert-OH is 1. The number of β-amino-alcohol motifs (C(OH)–C–C–N with tert-alkyl or cyclic N) is 1. The molecule has 2 fully saturated rings. The van der Waals surface area contributed by atoms with Crippen molar-refractivity contribution in [1.29, 1.82) is 0 Å². The summed E-state index contributed by atoms with van der Waals surface area (Å²) in [5.74, 6) is 0. The molecule has 0 spiro atoms. The van der Waals surface area contributed by atoms with Crippen LogP contribution >= 0.6 is 0 Å². The third-order valence-corrected chi connectivity index (χ3v) is 4.73. The van der Waals surface area contributed by atoms with Crippen LogP contribution < -0.4 is 5.32 Å². The van der Waals surface area contributed by atoms with Gasteiger partial charge in [-0.05, 0) is 24.0 Å². The second kappa shape index (κ2) is 8.46. The number of likely N-dealkylation sites (tertiary alicyclic amines) is 1. The van der Waals surface area contributed by atoms with Crippen LogP contribution in [0.4, 0.5) is 4.79 Å². The highest BCUT2D eigenvalue weighted by atomic mass is 16.5. The van der Waals surface area contributed by atoms with E-state index in [-0.39, 0.29) is 6.03 Å². The second-order valence-electron chi connectivity index (χ2n) is 6.56. The van der Waals surface area contributed by atoms with Gasteiger partial charge in [0.05, 0.1) is 19.3 Å². The molecule has 2 heterocycles. The summed E-state index contributed by atoms with van der Waals surface area (Å²) in [5.41, 5.74) is 2.40. The first-order valence-electron chi connectivity index (χ1n) is 8.80. The van der Waals surface area contributed by atoms with Crippen molar-refractivity contribution in [3.05, 3.63) is 35.4 Å². The molecule has 1 atom stereocenters. The van der Waals surface area contributed by atoms with Crippen LogP contribution in [0.15, 0.2) is 24.3 Å². The molecule has 6 heteroatoms. The maximum atomic E-state index is 12.3. The lowest BCUT2D eigenvalue weighted by Gasteiger charge is -2.30. The molecular formula is C18H27N3O3. The molecule has 24 heavy (non-hydrogen) atoms. The van der Waals surface area contributed by atoms with Gasteiger partial charge < -0.3 is 20.1 Å². The summed E-state index contributed by atoms with van der Waals surface area (Å²) >= 11 is 0. The minimum absolute atomic E-state index is 0.0880. The molecule has 0 aliphatic carbocycles. The van der Waals surface area contributed by atoms with Crippen LogP contribution in [0.2, 0.25) is 0 Å². The minimum Gasteiger partial charge on any atom is -0.391 e. The number of hydrogen-bond acceptors (Lipinski definition) is 4. The molecule has 2 aliphatic rings. The monoisotopic (exact) mass is 333 g/mol. The summed E-state index contributed by atoms with van der Waals surface area (Å²) < 4.78 is 5.40. The average molecular weight is 333 g/mol. The molecule has 1 aromatic carbocycles. The van der Waals surface area contributed by atoms with Crippen LogP contribution in [0.1, 0.15) is 24.0 Å². The van der Waals surface area contributed by atoms with Crippen molar-refractivity contribution < 1.29 is 14.6 Å². The van der Waals surface area contributed by atoms with Gasteiger partial charge in [-0.2, -0.15) is 0 Å². The fraction of sp³-hybridized carbons (Fsp3) is 0.611. The molecule has 0 bridgehead atoms. The summed E-state index contributed by atoms with van der Waals surface area (Å²) in [4.78, 5) is 16.4. The summed E-state index contributed by atoms with van der Waals surface area (Å²) in [6, 6.07) is 8.16. The predicted octanol–water partition coefficient (Wildman–Crippen LogP) is 1.19. The molecule has 2 saturated heterocycles. The van der Waals surface area contributed by atoms with E-state index in [4.69, 9.17) is 4.74 Å². The number of benzene rings is 1. The fourth-order valence-corrected chi connectivity index (χ4v) is 3.31. The van der Waals surface area contributed by atoms with Crippen molar-refractivity contribution in [2.24, 2.45) is 0 Å². The molecule has 0 saturated carbocycles. The standard InChI is InChI=1S/C18H27N3O3/c22-17-6-3-7-21(14-17)18(23)19-12-15-4-1-2-5-16(15)13-20-8-10-24-11-9-20/h1-2,4-5,17,22H,3,6-14H2,(H,19,23)/t17-/m0/s1. The van der Waals surface area contributed by atoms with Crippen molar-refractivity contribution in [1.82, 2.24) is 15.1 Å². The highest BCUT2D eigenvalue weighted by Crippen LogP contribution is 2.14. The molecular weight excluding hydrogens is 306 g/mol. The first-order chi connectivity index (χ1) is 11.7. The quantitative estimate of drug-likeness (QED) is 0.869. The van der Waals surface area contributed by atoms with Crippen LogP contribution in [0.5, 0.6) is 0 Å². The lowest BCUT2D eigenvalue weighted by atomic mass is 10.1. The Morgan fingerprint density at radius 2 is 1.96 bits per heavy atom. The molecule has 3 rings (SSSR count). The first kappa shape index (κ1) is 17.2. The molecule has 2 amide bonds. The van der Waals surface area contributed by atoms with Gasteiger partial charge in [-0.15, -0.1) is 0 Å². The van der Waals surface area contributed by atoms with Gasteiger partial charge in [0, 0.05) is 39.3 Å². The smallest absolute Gasteiger partial charge is 0.317 e. The highest BCUT2D eigenvalue weighted by Gasteiger charge is 2.22. The van der Waals surface area contributed by atoms with E-state index in [2.05, 4.69) is 22.3 Å². The third-order valence-electron chi connectivity index (χ3n) is 4.73. The van der Waals surface area contributed by atoms with E-state index in [9.17, 15) is 9.90 Å². The number of ether oxygens (including phenoxy) is 1. The normalized spacial score (nSPS) is 22.4. The second-order valence-corrected chi connectivity index (χ2v) is 6.56. The van der Waals surface area contributed by atoms with Gasteiger partial charge in [-0.1, -0.05) is 24.3 Å². The zero-order valence-corrected chi connectivity index (χ0v) is 14.1. The number of rotatable bonds is 4. The van der Waals surface area contributed by atoms with Gasteiger partial charge in [-0.3, -0.25) is 4.90 Å². The van der Waals surface area contributed by atoms with E-state index >= 15 is 0 Å². The Bertz CT molecular complexity index is 546. The SMILES string of the molecule is O=C(NCc1ccccc1CN1CCOCC1)N1CCC[C@H](O)C1. The number of nitrogens with one attached hydrogen (secondary N) is 1. The van der Waals surface area contributed by atoms with Gasteiger partial charge in [0.15, 0.2) is 0 Å². The lowest BCUT2D eigenvalue weighted by Crippen LogP contribution is -2.46. The molecule has 2 aliphatic heterocycles. The van der Waals surface area contributed by atoms with Gasteiger partial charge in [-0.25, -0.2) is 4.79 Å². The number of hydrogen-bond donors (Lipinski definition) is 2. The van der Waals surface area contributed by atoms with E-state index in [0.717, 1.165) is 57.8 Å². The minimum atomic E-state index is -0.391.